The topological polar surface area (TPSA) is 32.3 Å². The molecule has 0 bridgehead atoms. The normalized spacial score (nSPS) is 8.42. The van der Waals surface area contributed by atoms with Gasteiger partial charge in [-0.2, -0.15) is 0 Å². The van der Waals surface area contributed by atoms with E-state index in [-0.39, 0.29) is 72.6 Å². The van der Waals surface area contributed by atoms with E-state index in [1.54, 1.807) is 19.2 Å². The third-order valence-electron chi connectivity index (χ3n) is 1.33. The molecule has 12 heavy (non-hydrogen) atoms. The van der Waals surface area contributed by atoms with Crippen LogP contribution in [0, 0.1) is 0 Å². The summed E-state index contributed by atoms with van der Waals surface area (Å²) in [7, 11) is 1.56. The van der Waals surface area contributed by atoms with Crippen LogP contribution in [0.15, 0.2) is 24.3 Å². The molecule has 4 heteroatoms. The van der Waals surface area contributed by atoms with Gasteiger partial charge in [-0.15, -0.1) is 0 Å². The Morgan fingerprint density at radius 3 is 2.42 bits per heavy atom. The molecule has 0 fully saturated rings. The third-order valence-corrected chi connectivity index (χ3v) is 1.95. The van der Waals surface area contributed by atoms with Crippen LogP contribution in [-0.4, -0.2) is 32.7 Å². The molecule has 0 saturated heterocycles. The van der Waals surface area contributed by atoms with E-state index < -0.39 is 0 Å². The average molecular weight is 396 g/mol. The number of ether oxygens (including phenoxy) is 1. The Bertz CT molecular complexity index is 276. The van der Waals surface area contributed by atoms with Crippen LogP contribution in [0.5, 0.6) is 5.75 Å². The zero-order valence-electron chi connectivity index (χ0n) is 7.03. The molecule has 0 aromatic heterocycles. The van der Waals surface area contributed by atoms with Crippen molar-refractivity contribution in [3.05, 3.63) is 29.8 Å². The van der Waals surface area contributed by atoms with Crippen LogP contribution in [0.3, 0.4) is 0 Å². The smallest absolute Gasteiger partial charge is 1.00 e. The van der Waals surface area contributed by atoms with Gasteiger partial charge in [-0.05, 0) is 0 Å². The van der Waals surface area contributed by atoms with E-state index in [9.17, 15) is 5.11 Å². The molecular formula is C8H7CsO2Te. The van der Waals surface area contributed by atoms with Gasteiger partial charge in [-0.1, -0.05) is 0 Å². The molecular weight excluding hydrogens is 389 g/mol. The average Bonchev–Trinajstić information content (AvgIpc) is 2.04. The summed E-state index contributed by atoms with van der Waals surface area (Å²) in [6.45, 7) is 0. The van der Waals surface area contributed by atoms with Gasteiger partial charge in [-0.25, -0.2) is 0 Å². The van der Waals surface area contributed by atoms with E-state index in [1.165, 1.54) is 21.8 Å². The molecule has 0 heterocycles. The number of hydrogen-bond acceptors (Lipinski definition) is 2. The van der Waals surface area contributed by atoms with Gasteiger partial charge in [0, 0.05) is 0 Å². The maximum atomic E-state index is 10.9. The van der Waals surface area contributed by atoms with Crippen LogP contribution in [0.1, 0.15) is 5.56 Å². The van der Waals surface area contributed by atoms with Gasteiger partial charge in [0.05, 0.1) is 0 Å². The molecule has 0 amide bonds. The van der Waals surface area contributed by atoms with Crippen molar-refractivity contribution in [1.29, 1.82) is 0 Å². The predicted molar refractivity (Wildman–Crippen MR) is 42.9 cm³/mol. The van der Waals surface area contributed by atoms with Gasteiger partial charge in [-0.3, -0.25) is 0 Å². The van der Waals surface area contributed by atoms with Crippen molar-refractivity contribution in [3.8, 4) is 5.75 Å². The van der Waals surface area contributed by atoms with Gasteiger partial charge in [0.2, 0.25) is 0 Å². The summed E-state index contributed by atoms with van der Waals surface area (Å²) in [5.41, 5.74) is 0.639. The van der Waals surface area contributed by atoms with Gasteiger partial charge >= 0.3 is 147 Å². The molecule has 0 saturated carbocycles. The van der Waals surface area contributed by atoms with E-state index in [4.69, 9.17) is 4.74 Å². The van der Waals surface area contributed by atoms with Crippen LogP contribution in [0.25, 0.3) is 0 Å². The van der Waals surface area contributed by atoms with E-state index >= 15 is 0 Å². The molecule has 0 radical (unpaired) electrons. The molecule has 0 spiro atoms. The molecule has 0 aliphatic rings. The molecule has 58 valence electrons. The minimum absolute atomic E-state index is 0. The summed E-state index contributed by atoms with van der Waals surface area (Å²) in [5, 5.41) is 10.9. The molecule has 0 atom stereocenters. The molecule has 1 aromatic rings. The molecule has 2 nitrogen and oxygen atoms in total. The third kappa shape index (κ3) is 3.72. The SMILES string of the molecule is COc1ccccc1C([O-])=[Te].[Cs+]. The second-order valence-corrected chi connectivity index (χ2v) is 3.05. The summed E-state index contributed by atoms with van der Waals surface area (Å²) in [4.78, 5) is 0. The first-order chi connectivity index (χ1) is 5.25. The first kappa shape index (κ1) is 13.5. The van der Waals surface area contributed by atoms with Crippen LogP contribution < -0.4 is 78.7 Å². The summed E-state index contributed by atoms with van der Waals surface area (Å²) in [5.74, 6) is 0.641. The van der Waals surface area contributed by atoms with Crippen LogP contribution in [0.2, 0.25) is 0 Å². The van der Waals surface area contributed by atoms with Crippen LogP contribution in [0.4, 0.5) is 0 Å². The van der Waals surface area contributed by atoms with Crippen molar-refractivity contribution < 1.29 is 78.7 Å². The number of hydrogen-bond donors (Lipinski definition) is 0. The quantitative estimate of drug-likeness (QED) is 0.492. The summed E-state index contributed by atoms with van der Waals surface area (Å²) >= 11 is 1.45. The fourth-order valence-corrected chi connectivity index (χ4v) is 1.29. The van der Waals surface area contributed by atoms with Gasteiger partial charge in [0.25, 0.3) is 0 Å². The summed E-state index contributed by atoms with van der Waals surface area (Å²) in [6.07, 6.45) is 0. The molecule has 0 N–H and O–H groups in total. The first-order valence-corrected chi connectivity index (χ1v) is 4.26. The monoisotopic (exact) mass is 398 g/mol. The van der Waals surface area contributed by atoms with Crippen molar-refractivity contribution >= 4 is 25.6 Å². The Morgan fingerprint density at radius 2 is 2.00 bits per heavy atom. The minimum Gasteiger partial charge on any atom is 1.00 e. The minimum atomic E-state index is 0. The van der Waals surface area contributed by atoms with Gasteiger partial charge in [0.1, 0.15) is 0 Å². The van der Waals surface area contributed by atoms with E-state index in [0.717, 1.165) is 0 Å². The van der Waals surface area contributed by atoms with Crippen molar-refractivity contribution in [1.82, 2.24) is 0 Å². The fourth-order valence-electron chi connectivity index (χ4n) is 0.813. The zero-order chi connectivity index (χ0) is 8.27. The van der Waals surface area contributed by atoms with Gasteiger partial charge in [0.15, 0.2) is 0 Å². The van der Waals surface area contributed by atoms with Crippen molar-refractivity contribution in [2.24, 2.45) is 0 Å². The Balaban J connectivity index is 0.00000121. The second-order valence-electron chi connectivity index (χ2n) is 1.99. The largest absolute Gasteiger partial charge is 1.00 e. The maximum Gasteiger partial charge on any atom is 1.00 e. The fraction of sp³-hybridized carbons (Fsp3) is 0.125. The Hall–Kier alpha value is 1.53. The molecule has 0 unspecified atom stereocenters. The first-order valence-electron chi connectivity index (χ1n) is 3.10. The van der Waals surface area contributed by atoms with Crippen LogP contribution >= 0.6 is 0 Å². The standard InChI is InChI=1S/C8H8O2Te.Cs/c1-10-7-5-3-2-4-6(7)8(9)11;/h2-5H,1H3,(H,9,11);/q;+1/p-1. The predicted octanol–water partition coefficient (Wildman–Crippen LogP) is -3.29. The number of rotatable bonds is 2. The second kappa shape index (κ2) is 6.91. The Morgan fingerprint density at radius 1 is 1.42 bits per heavy atom. The zero-order valence-corrected chi connectivity index (χ0v) is 15.6. The Labute approximate surface area is 144 Å². The maximum absolute atomic E-state index is 10.9. The Kier molecular flexibility index (Phi) is 7.79. The van der Waals surface area contributed by atoms with Crippen molar-refractivity contribution in [2.75, 3.05) is 7.11 Å². The van der Waals surface area contributed by atoms with E-state index in [0.29, 0.717) is 11.3 Å². The number of methoxy groups -OCH3 is 1. The molecule has 1 rings (SSSR count). The van der Waals surface area contributed by atoms with Crippen molar-refractivity contribution in [2.45, 2.75) is 0 Å². The van der Waals surface area contributed by atoms with E-state index in [2.05, 4.69) is 0 Å². The van der Waals surface area contributed by atoms with E-state index in [1.807, 2.05) is 12.1 Å². The molecule has 0 aliphatic heterocycles. The number of benzene rings is 1. The number of para-hydroxylation sites is 1. The summed E-state index contributed by atoms with van der Waals surface area (Å²) in [6, 6.07) is 7.19. The van der Waals surface area contributed by atoms with Crippen LogP contribution in [-0.2, 0) is 0 Å². The molecule has 0 aliphatic carbocycles. The van der Waals surface area contributed by atoms with Gasteiger partial charge < -0.3 is 0 Å². The van der Waals surface area contributed by atoms with Crippen molar-refractivity contribution in [3.63, 3.8) is 0 Å². The molecule has 1 aromatic carbocycles. The summed E-state index contributed by atoms with van der Waals surface area (Å²) < 4.78 is 5.03.